The Balaban J connectivity index is 0.00000385. The predicted molar refractivity (Wildman–Crippen MR) is 142 cm³/mol. The highest BCUT2D eigenvalue weighted by atomic mass is 127. The van der Waals surface area contributed by atoms with Crippen molar-refractivity contribution in [1.82, 2.24) is 15.6 Å². The van der Waals surface area contributed by atoms with E-state index >= 15 is 0 Å². The first-order chi connectivity index (χ1) is 15.7. The highest BCUT2D eigenvalue weighted by Gasteiger charge is 2.06. The average molecular weight is 562 g/mol. The molecular weight excluding hydrogens is 531 g/mol. The summed E-state index contributed by atoms with van der Waals surface area (Å²) in [6, 6.07) is 19.3. The first-order valence-corrected chi connectivity index (χ1v) is 10.7. The molecule has 0 bridgehead atoms. The topological polar surface area (TPSA) is 77.0 Å². The van der Waals surface area contributed by atoms with E-state index < -0.39 is 0 Å². The van der Waals surface area contributed by atoms with Crippen LogP contribution in [0.4, 0.5) is 0 Å². The Morgan fingerprint density at radius 3 is 2.27 bits per heavy atom. The highest BCUT2D eigenvalue weighted by molar-refractivity contribution is 14.0. The monoisotopic (exact) mass is 562 g/mol. The van der Waals surface area contributed by atoms with E-state index in [0.29, 0.717) is 37.1 Å². The van der Waals surface area contributed by atoms with Crippen molar-refractivity contribution in [3.8, 4) is 23.1 Å². The minimum atomic E-state index is 0. The Morgan fingerprint density at radius 1 is 0.909 bits per heavy atom. The first kappa shape index (κ1) is 26.2. The molecule has 0 fully saturated rings. The quantitative estimate of drug-likeness (QED) is 0.202. The third-order valence-electron chi connectivity index (χ3n) is 4.54. The van der Waals surface area contributed by atoms with Crippen LogP contribution in [0.2, 0.25) is 0 Å². The van der Waals surface area contributed by atoms with Crippen LogP contribution >= 0.6 is 24.0 Å². The minimum Gasteiger partial charge on any atom is -0.497 e. The third kappa shape index (κ3) is 8.45. The molecule has 2 aromatic carbocycles. The summed E-state index contributed by atoms with van der Waals surface area (Å²) in [6.45, 7) is 6.50. The van der Waals surface area contributed by atoms with Crippen LogP contribution in [0.5, 0.6) is 23.1 Å². The van der Waals surface area contributed by atoms with E-state index in [1.807, 2.05) is 74.5 Å². The number of benzene rings is 2. The number of nitrogens with zero attached hydrogens (tertiary/aromatic N) is 2. The van der Waals surface area contributed by atoms with Crippen molar-refractivity contribution in [3.63, 3.8) is 0 Å². The predicted octanol–water partition coefficient (Wildman–Crippen LogP) is 5.15. The molecule has 1 aromatic heterocycles. The fraction of sp³-hybridized carbons (Fsp3) is 0.280. The fourth-order valence-electron chi connectivity index (χ4n) is 2.93. The van der Waals surface area contributed by atoms with E-state index in [9.17, 15) is 0 Å². The number of halogens is 1. The summed E-state index contributed by atoms with van der Waals surface area (Å²) < 4.78 is 16.7. The van der Waals surface area contributed by atoms with Gasteiger partial charge < -0.3 is 24.8 Å². The molecule has 0 spiro atoms. The highest BCUT2D eigenvalue weighted by Crippen LogP contribution is 2.30. The van der Waals surface area contributed by atoms with Gasteiger partial charge in [0.1, 0.15) is 5.75 Å². The van der Waals surface area contributed by atoms with Gasteiger partial charge in [-0.2, -0.15) is 0 Å². The van der Waals surface area contributed by atoms with Gasteiger partial charge in [-0.25, -0.2) is 9.98 Å². The molecule has 0 saturated heterocycles. The van der Waals surface area contributed by atoms with Gasteiger partial charge in [0.15, 0.2) is 17.5 Å². The molecule has 33 heavy (non-hydrogen) atoms. The largest absolute Gasteiger partial charge is 0.497 e. The summed E-state index contributed by atoms with van der Waals surface area (Å²) in [7, 11) is 1.66. The lowest BCUT2D eigenvalue weighted by molar-refractivity contribution is 0.319. The van der Waals surface area contributed by atoms with Gasteiger partial charge in [0, 0.05) is 25.4 Å². The second-order valence-electron chi connectivity index (χ2n) is 6.88. The maximum atomic E-state index is 5.88. The van der Waals surface area contributed by atoms with Crippen LogP contribution in [-0.4, -0.2) is 31.2 Å². The zero-order valence-corrected chi connectivity index (χ0v) is 21.5. The Kier molecular flexibility index (Phi) is 11.3. The number of rotatable bonds is 10. The Labute approximate surface area is 212 Å². The second kappa shape index (κ2) is 14.2. The minimum absolute atomic E-state index is 0. The number of aliphatic imine (C=N–C) groups is 1. The van der Waals surface area contributed by atoms with Gasteiger partial charge in [-0.1, -0.05) is 30.3 Å². The van der Waals surface area contributed by atoms with Gasteiger partial charge in [0.05, 0.1) is 20.3 Å². The number of methoxy groups -OCH3 is 1. The van der Waals surface area contributed by atoms with Crippen LogP contribution < -0.4 is 24.8 Å². The molecule has 3 rings (SSSR count). The average Bonchev–Trinajstić information content (AvgIpc) is 2.83. The van der Waals surface area contributed by atoms with E-state index in [1.165, 1.54) is 0 Å². The van der Waals surface area contributed by atoms with Gasteiger partial charge in [0.2, 0.25) is 5.88 Å². The van der Waals surface area contributed by atoms with Crippen molar-refractivity contribution in [2.24, 2.45) is 4.99 Å². The van der Waals surface area contributed by atoms with E-state index in [0.717, 1.165) is 29.4 Å². The fourth-order valence-corrected chi connectivity index (χ4v) is 2.93. The third-order valence-corrected chi connectivity index (χ3v) is 4.54. The van der Waals surface area contributed by atoms with Gasteiger partial charge >= 0.3 is 0 Å². The molecule has 7 nitrogen and oxygen atoms in total. The van der Waals surface area contributed by atoms with Crippen molar-refractivity contribution in [1.29, 1.82) is 0 Å². The van der Waals surface area contributed by atoms with Crippen molar-refractivity contribution in [2.45, 2.75) is 26.9 Å². The molecule has 1 heterocycles. The summed E-state index contributed by atoms with van der Waals surface area (Å²) in [4.78, 5) is 9.06. The van der Waals surface area contributed by atoms with Crippen molar-refractivity contribution in [3.05, 3.63) is 78.0 Å². The number of pyridine rings is 1. The molecule has 0 saturated carbocycles. The van der Waals surface area contributed by atoms with Gasteiger partial charge in [-0.05, 0) is 49.2 Å². The summed E-state index contributed by atoms with van der Waals surface area (Å²) in [6.07, 6.45) is 1.77. The van der Waals surface area contributed by atoms with E-state index in [2.05, 4.69) is 20.6 Å². The van der Waals surface area contributed by atoms with E-state index in [1.54, 1.807) is 13.3 Å². The van der Waals surface area contributed by atoms with E-state index in [-0.39, 0.29) is 24.0 Å². The number of aromatic nitrogens is 1. The SMILES string of the molecule is CCNC(=NCc1ccc(Oc2ccccc2OCC)nc1)NCc1ccc(OC)cc1.I. The maximum Gasteiger partial charge on any atom is 0.219 e. The summed E-state index contributed by atoms with van der Waals surface area (Å²) >= 11 is 0. The summed E-state index contributed by atoms with van der Waals surface area (Å²) in [5.74, 6) is 3.44. The number of nitrogens with one attached hydrogen (secondary N) is 2. The van der Waals surface area contributed by atoms with Gasteiger partial charge in [0.25, 0.3) is 0 Å². The summed E-state index contributed by atoms with van der Waals surface area (Å²) in [5.41, 5.74) is 2.13. The Bertz CT molecular complexity index is 995. The molecule has 3 aromatic rings. The molecule has 0 aliphatic heterocycles. The molecule has 0 amide bonds. The zero-order valence-electron chi connectivity index (χ0n) is 19.2. The van der Waals surface area contributed by atoms with Crippen LogP contribution in [0.1, 0.15) is 25.0 Å². The molecule has 0 aliphatic rings. The molecular formula is C25H31IN4O3. The Hall–Kier alpha value is -3.01. The molecule has 8 heteroatoms. The van der Waals surface area contributed by atoms with Crippen molar-refractivity contribution >= 4 is 29.9 Å². The van der Waals surface area contributed by atoms with Crippen molar-refractivity contribution in [2.75, 3.05) is 20.3 Å². The number of hydrogen-bond donors (Lipinski definition) is 2. The molecule has 0 aliphatic carbocycles. The lowest BCUT2D eigenvalue weighted by Gasteiger charge is -2.12. The molecule has 2 N–H and O–H groups in total. The van der Waals surface area contributed by atoms with Crippen LogP contribution in [0.3, 0.4) is 0 Å². The molecule has 0 atom stereocenters. The molecule has 0 unspecified atom stereocenters. The van der Waals surface area contributed by atoms with Crippen molar-refractivity contribution < 1.29 is 14.2 Å². The maximum absolute atomic E-state index is 5.88. The van der Waals surface area contributed by atoms with Crippen LogP contribution in [0.25, 0.3) is 0 Å². The molecule has 0 radical (unpaired) electrons. The van der Waals surface area contributed by atoms with Gasteiger partial charge in [-0.3, -0.25) is 0 Å². The van der Waals surface area contributed by atoms with Crippen LogP contribution in [0, 0.1) is 0 Å². The lowest BCUT2D eigenvalue weighted by Crippen LogP contribution is -2.36. The Morgan fingerprint density at radius 2 is 1.64 bits per heavy atom. The zero-order chi connectivity index (χ0) is 22.6. The number of hydrogen-bond acceptors (Lipinski definition) is 5. The number of guanidine groups is 1. The van der Waals surface area contributed by atoms with E-state index in [4.69, 9.17) is 14.2 Å². The van der Waals surface area contributed by atoms with Gasteiger partial charge in [-0.15, -0.1) is 24.0 Å². The summed E-state index contributed by atoms with van der Waals surface area (Å²) in [5, 5.41) is 6.61. The van der Waals surface area contributed by atoms with Crippen LogP contribution in [-0.2, 0) is 13.1 Å². The first-order valence-electron chi connectivity index (χ1n) is 10.7. The normalized spacial score (nSPS) is 10.7. The number of para-hydroxylation sites is 2. The van der Waals surface area contributed by atoms with Crippen LogP contribution in [0.15, 0.2) is 71.9 Å². The smallest absolute Gasteiger partial charge is 0.219 e. The standard InChI is InChI=1S/C25H30N4O3.HI/c1-4-26-25(28-16-19-10-13-21(30-3)14-11-19)29-18-20-12-15-24(27-17-20)32-23-9-7-6-8-22(23)31-5-2;/h6-15,17H,4-5,16,18H2,1-3H3,(H2,26,28,29);1H. The molecule has 176 valence electrons. The number of ether oxygens (including phenoxy) is 3. The second-order valence-corrected chi connectivity index (χ2v) is 6.88. The lowest BCUT2D eigenvalue weighted by atomic mass is 10.2.